The normalized spacial score (nSPS) is 31.4. The molecule has 19 heavy (non-hydrogen) atoms. The molecule has 2 aliphatic rings. The maximum atomic E-state index is 12.3. The summed E-state index contributed by atoms with van der Waals surface area (Å²) in [6.07, 6.45) is 0.398. The molecule has 2 nitrogen and oxygen atoms in total. The molecule has 2 rings (SSSR count). The van der Waals surface area contributed by atoms with E-state index in [1.807, 2.05) is 0 Å². The van der Waals surface area contributed by atoms with Crippen LogP contribution in [-0.4, -0.2) is 42.8 Å². The Labute approximate surface area is 113 Å². The molecular weight excluding hydrogens is 253 g/mol. The highest BCUT2D eigenvalue weighted by atomic mass is 19.4. The minimum absolute atomic E-state index is 0.0125. The Bertz CT molecular complexity index is 289. The number of hydrogen-bond acceptors (Lipinski definition) is 2. The molecule has 1 N–H and O–H groups in total. The van der Waals surface area contributed by atoms with Gasteiger partial charge in [-0.15, -0.1) is 0 Å². The van der Waals surface area contributed by atoms with E-state index in [-0.39, 0.29) is 6.04 Å². The molecule has 1 aliphatic heterocycles. The van der Waals surface area contributed by atoms with Crippen LogP contribution in [0, 0.1) is 11.8 Å². The van der Waals surface area contributed by atoms with Crippen molar-refractivity contribution in [2.75, 3.05) is 19.6 Å². The lowest BCUT2D eigenvalue weighted by atomic mass is 9.90. The fourth-order valence-electron chi connectivity index (χ4n) is 3.15. The van der Waals surface area contributed by atoms with Gasteiger partial charge in [-0.2, -0.15) is 13.2 Å². The molecule has 112 valence electrons. The van der Waals surface area contributed by atoms with E-state index in [0.29, 0.717) is 12.0 Å². The highest BCUT2D eigenvalue weighted by Crippen LogP contribution is 2.36. The second-order valence-corrected chi connectivity index (χ2v) is 6.23. The van der Waals surface area contributed by atoms with Gasteiger partial charge in [0.25, 0.3) is 0 Å². The molecule has 1 saturated carbocycles. The maximum absolute atomic E-state index is 12.3. The van der Waals surface area contributed by atoms with Gasteiger partial charge in [-0.25, -0.2) is 0 Å². The Hall–Kier alpha value is -0.290. The summed E-state index contributed by atoms with van der Waals surface area (Å²) in [6.45, 7) is 5.33. The van der Waals surface area contributed by atoms with Crippen LogP contribution in [0.25, 0.3) is 0 Å². The third-order valence-corrected chi connectivity index (χ3v) is 4.61. The molecule has 0 aromatic heterocycles. The largest absolute Gasteiger partial charge is 0.401 e. The first-order valence-electron chi connectivity index (χ1n) is 7.43. The number of alkyl halides is 3. The molecule has 0 radical (unpaired) electrons. The lowest BCUT2D eigenvalue weighted by molar-refractivity contribution is -0.127. The lowest BCUT2D eigenvalue weighted by Crippen LogP contribution is -2.53. The van der Waals surface area contributed by atoms with Gasteiger partial charge >= 0.3 is 6.18 Å². The number of piperidine rings is 1. The lowest BCUT2D eigenvalue weighted by Gasteiger charge is -2.41. The Kier molecular flexibility index (Phi) is 4.77. The third kappa shape index (κ3) is 4.63. The Morgan fingerprint density at radius 2 is 1.95 bits per heavy atom. The number of likely N-dealkylation sites (tertiary alicyclic amines) is 1. The van der Waals surface area contributed by atoms with Crippen LogP contribution in [0.5, 0.6) is 0 Å². The summed E-state index contributed by atoms with van der Waals surface area (Å²) < 4.78 is 36.9. The predicted molar refractivity (Wildman–Crippen MR) is 70.0 cm³/mol. The van der Waals surface area contributed by atoms with Crippen molar-refractivity contribution in [1.82, 2.24) is 10.2 Å². The molecule has 0 bridgehead atoms. The van der Waals surface area contributed by atoms with Gasteiger partial charge < -0.3 is 5.32 Å². The number of halogens is 3. The molecule has 0 aromatic carbocycles. The summed E-state index contributed by atoms with van der Waals surface area (Å²) in [5.74, 6) is 1.31. The SMILES string of the molecule is CCC1CC(NCC(F)(F)F)CN(C(C)C2CC2)C1. The molecule has 0 amide bonds. The molecule has 2 fully saturated rings. The summed E-state index contributed by atoms with van der Waals surface area (Å²) in [5.41, 5.74) is 0. The van der Waals surface area contributed by atoms with Gasteiger partial charge in [0, 0.05) is 25.2 Å². The van der Waals surface area contributed by atoms with Crippen LogP contribution >= 0.6 is 0 Å². The zero-order chi connectivity index (χ0) is 14.0. The predicted octanol–water partition coefficient (Wildman–Crippen LogP) is 3.04. The van der Waals surface area contributed by atoms with E-state index in [4.69, 9.17) is 0 Å². The van der Waals surface area contributed by atoms with Crippen LogP contribution in [-0.2, 0) is 0 Å². The first kappa shape index (κ1) is 15.1. The standard InChI is InChI=1S/C14H25F3N2/c1-3-11-6-13(18-9-14(15,16)17)8-19(7-11)10(2)12-4-5-12/h10-13,18H,3-9H2,1-2H3. The fourth-order valence-corrected chi connectivity index (χ4v) is 3.15. The molecular formula is C14H25F3N2. The van der Waals surface area contributed by atoms with Crippen LogP contribution in [0.15, 0.2) is 0 Å². The average molecular weight is 278 g/mol. The molecule has 0 aromatic rings. The summed E-state index contributed by atoms with van der Waals surface area (Å²) >= 11 is 0. The van der Waals surface area contributed by atoms with Crippen molar-refractivity contribution in [3.8, 4) is 0 Å². The van der Waals surface area contributed by atoms with Crippen molar-refractivity contribution in [2.24, 2.45) is 11.8 Å². The second kappa shape index (κ2) is 6.00. The van der Waals surface area contributed by atoms with Crippen LogP contribution in [0.3, 0.4) is 0 Å². The van der Waals surface area contributed by atoms with Crippen molar-refractivity contribution >= 4 is 0 Å². The van der Waals surface area contributed by atoms with Crippen molar-refractivity contribution in [3.63, 3.8) is 0 Å². The highest BCUT2D eigenvalue weighted by Gasteiger charge is 2.37. The molecule has 3 atom stereocenters. The summed E-state index contributed by atoms with van der Waals surface area (Å²) in [7, 11) is 0. The Morgan fingerprint density at radius 3 is 2.47 bits per heavy atom. The second-order valence-electron chi connectivity index (χ2n) is 6.23. The zero-order valence-electron chi connectivity index (χ0n) is 11.8. The van der Waals surface area contributed by atoms with Gasteiger partial charge in [0.2, 0.25) is 0 Å². The van der Waals surface area contributed by atoms with E-state index in [2.05, 4.69) is 24.1 Å². The van der Waals surface area contributed by atoms with E-state index in [9.17, 15) is 13.2 Å². The molecule has 5 heteroatoms. The fraction of sp³-hybridized carbons (Fsp3) is 1.00. The van der Waals surface area contributed by atoms with Gasteiger partial charge in [0.05, 0.1) is 6.54 Å². The first-order valence-corrected chi connectivity index (χ1v) is 7.43. The number of hydrogen-bond donors (Lipinski definition) is 1. The third-order valence-electron chi connectivity index (χ3n) is 4.61. The monoisotopic (exact) mass is 278 g/mol. The zero-order valence-corrected chi connectivity index (χ0v) is 11.8. The van der Waals surface area contributed by atoms with Crippen LogP contribution in [0.4, 0.5) is 13.2 Å². The summed E-state index contributed by atoms with van der Waals surface area (Å²) in [5, 5.41) is 2.70. The Balaban J connectivity index is 1.88. The number of rotatable bonds is 5. The maximum Gasteiger partial charge on any atom is 0.401 e. The van der Waals surface area contributed by atoms with Crippen LogP contribution < -0.4 is 5.32 Å². The van der Waals surface area contributed by atoms with E-state index in [1.165, 1.54) is 12.8 Å². The average Bonchev–Trinajstić information content (AvgIpc) is 3.18. The molecule has 3 unspecified atom stereocenters. The van der Waals surface area contributed by atoms with Crippen molar-refractivity contribution in [2.45, 2.75) is 57.8 Å². The number of nitrogens with one attached hydrogen (secondary N) is 1. The summed E-state index contributed by atoms with van der Waals surface area (Å²) in [4.78, 5) is 2.41. The van der Waals surface area contributed by atoms with Gasteiger partial charge in [0.15, 0.2) is 0 Å². The highest BCUT2D eigenvalue weighted by molar-refractivity contribution is 4.91. The number of nitrogens with zero attached hydrogens (tertiary/aromatic N) is 1. The van der Waals surface area contributed by atoms with Crippen molar-refractivity contribution in [1.29, 1.82) is 0 Å². The quantitative estimate of drug-likeness (QED) is 0.831. The van der Waals surface area contributed by atoms with E-state index < -0.39 is 12.7 Å². The molecule has 1 heterocycles. The van der Waals surface area contributed by atoms with E-state index in [1.54, 1.807) is 0 Å². The van der Waals surface area contributed by atoms with Crippen LogP contribution in [0.2, 0.25) is 0 Å². The topological polar surface area (TPSA) is 15.3 Å². The van der Waals surface area contributed by atoms with Gasteiger partial charge in [0.1, 0.15) is 0 Å². The van der Waals surface area contributed by atoms with Gasteiger partial charge in [-0.05, 0) is 38.0 Å². The first-order chi connectivity index (χ1) is 8.89. The van der Waals surface area contributed by atoms with Crippen molar-refractivity contribution in [3.05, 3.63) is 0 Å². The van der Waals surface area contributed by atoms with Crippen LogP contribution in [0.1, 0.15) is 39.5 Å². The summed E-state index contributed by atoms with van der Waals surface area (Å²) in [6, 6.07) is 0.520. The minimum atomic E-state index is -4.11. The smallest absolute Gasteiger partial charge is 0.305 e. The van der Waals surface area contributed by atoms with E-state index in [0.717, 1.165) is 31.8 Å². The Morgan fingerprint density at radius 1 is 1.26 bits per heavy atom. The van der Waals surface area contributed by atoms with E-state index >= 15 is 0 Å². The van der Waals surface area contributed by atoms with Gasteiger partial charge in [-0.3, -0.25) is 4.90 Å². The molecule has 1 saturated heterocycles. The molecule has 1 aliphatic carbocycles. The molecule has 0 spiro atoms. The minimum Gasteiger partial charge on any atom is -0.305 e. The van der Waals surface area contributed by atoms with Gasteiger partial charge in [-0.1, -0.05) is 13.3 Å². The van der Waals surface area contributed by atoms with Crippen molar-refractivity contribution < 1.29 is 13.2 Å².